The highest BCUT2D eigenvalue weighted by atomic mass is 35.5. The zero-order valence-corrected chi connectivity index (χ0v) is 24.2. The first kappa shape index (κ1) is 31.7. The number of hydrogen-bond donors (Lipinski definition) is 2. The first-order valence-corrected chi connectivity index (χ1v) is 12.8. The molecule has 0 bridgehead atoms. The minimum absolute atomic E-state index is 0. The van der Waals surface area contributed by atoms with E-state index in [0.29, 0.717) is 5.69 Å². The lowest BCUT2D eigenvalue weighted by atomic mass is 9.71. The van der Waals surface area contributed by atoms with Gasteiger partial charge in [-0.05, 0) is 73.6 Å². The monoisotopic (exact) mass is 577 g/mol. The number of carbonyl (C=O) groups is 1. The molecule has 206 valence electrons. The van der Waals surface area contributed by atoms with Crippen LogP contribution in [0.25, 0.3) is 0 Å². The zero-order chi connectivity index (χ0) is 24.1. The predicted octanol–water partition coefficient (Wildman–Crippen LogP) is 7.22. The van der Waals surface area contributed by atoms with Crippen molar-refractivity contribution >= 4 is 60.3 Å². The molecule has 0 unspecified atom stereocenters. The van der Waals surface area contributed by atoms with E-state index in [1.54, 1.807) is 12.4 Å². The molecular formula is C29H38Cl3N5O. The molecule has 1 aliphatic carbocycles. The minimum atomic E-state index is -0.252. The van der Waals surface area contributed by atoms with E-state index < -0.39 is 0 Å². The Morgan fingerprint density at radius 1 is 0.842 bits per heavy atom. The summed E-state index contributed by atoms with van der Waals surface area (Å²) in [5.41, 5.74) is 4.15. The van der Waals surface area contributed by atoms with Crippen molar-refractivity contribution in [3.8, 4) is 0 Å². The van der Waals surface area contributed by atoms with Crippen LogP contribution in [0.4, 0.5) is 21.9 Å². The summed E-state index contributed by atoms with van der Waals surface area (Å²) >= 11 is 0. The average molecular weight is 579 g/mol. The van der Waals surface area contributed by atoms with Crippen LogP contribution in [0, 0.1) is 5.92 Å². The third-order valence-electron chi connectivity index (χ3n) is 7.68. The quantitative estimate of drug-likeness (QED) is 0.336. The molecule has 1 aromatic heterocycles. The SMILES string of the molecule is CC1CCC(c2cccc(NC(=O)Nc3cccnc3)c2)(N2CCN(c3ccccc3)CC2)CC1.Cl.Cl.Cl. The van der Waals surface area contributed by atoms with E-state index in [0.717, 1.165) is 50.6 Å². The summed E-state index contributed by atoms with van der Waals surface area (Å²) in [6.45, 7) is 6.53. The Balaban J connectivity index is 0.00000169. The molecule has 38 heavy (non-hydrogen) atoms. The van der Waals surface area contributed by atoms with Gasteiger partial charge in [0.15, 0.2) is 0 Å². The van der Waals surface area contributed by atoms with Crippen LogP contribution in [0.1, 0.15) is 38.2 Å². The molecule has 0 radical (unpaired) electrons. The van der Waals surface area contributed by atoms with Crippen LogP contribution < -0.4 is 15.5 Å². The van der Waals surface area contributed by atoms with Crippen molar-refractivity contribution < 1.29 is 4.79 Å². The van der Waals surface area contributed by atoms with Crippen molar-refractivity contribution in [2.24, 2.45) is 5.92 Å². The number of para-hydroxylation sites is 1. The van der Waals surface area contributed by atoms with Crippen LogP contribution in [-0.4, -0.2) is 42.1 Å². The molecule has 1 saturated heterocycles. The van der Waals surface area contributed by atoms with Gasteiger partial charge in [0.1, 0.15) is 0 Å². The molecule has 2 aliphatic rings. The summed E-state index contributed by atoms with van der Waals surface area (Å²) in [4.78, 5) is 21.9. The second kappa shape index (κ2) is 14.6. The van der Waals surface area contributed by atoms with E-state index in [1.807, 2.05) is 18.2 Å². The number of carbonyl (C=O) groups excluding carboxylic acids is 1. The van der Waals surface area contributed by atoms with Gasteiger partial charge < -0.3 is 15.5 Å². The van der Waals surface area contributed by atoms with Gasteiger partial charge in [-0.15, -0.1) is 37.2 Å². The lowest BCUT2D eigenvalue weighted by Gasteiger charge is -2.51. The summed E-state index contributed by atoms with van der Waals surface area (Å²) in [6.07, 6.45) is 8.12. The number of amides is 2. The van der Waals surface area contributed by atoms with Gasteiger partial charge >= 0.3 is 6.03 Å². The first-order valence-electron chi connectivity index (χ1n) is 12.8. The largest absolute Gasteiger partial charge is 0.369 e. The summed E-state index contributed by atoms with van der Waals surface area (Å²) < 4.78 is 0. The van der Waals surface area contributed by atoms with Gasteiger partial charge in [-0.25, -0.2) is 4.79 Å². The fraction of sp³-hybridized carbons (Fsp3) is 0.379. The molecule has 2 aromatic carbocycles. The van der Waals surface area contributed by atoms with E-state index in [2.05, 4.69) is 80.9 Å². The van der Waals surface area contributed by atoms with Crippen molar-refractivity contribution in [1.82, 2.24) is 9.88 Å². The third kappa shape index (κ3) is 7.32. The Bertz CT molecular complexity index is 1120. The number of nitrogens with zero attached hydrogens (tertiary/aromatic N) is 3. The molecule has 2 fully saturated rings. The second-order valence-corrected chi connectivity index (χ2v) is 9.93. The summed E-state index contributed by atoms with van der Waals surface area (Å²) in [5, 5.41) is 5.88. The lowest BCUT2D eigenvalue weighted by Crippen LogP contribution is -2.56. The van der Waals surface area contributed by atoms with Crippen molar-refractivity contribution in [3.63, 3.8) is 0 Å². The van der Waals surface area contributed by atoms with E-state index in [1.165, 1.54) is 24.1 Å². The van der Waals surface area contributed by atoms with Gasteiger partial charge in [0.25, 0.3) is 0 Å². The number of aromatic nitrogens is 1. The number of anilines is 3. The van der Waals surface area contributed by atoms with E-state index in [-0.39, 0.29) is 48.8 Å². The van der Waals surface area contributed by atoms with Gasteiger partial charge in [0.05, 0.1) is 11.9 Å². The highest BCUT2D eigenvalue weighted by Crippen LogP contribution is 2.45. The Hall–Kier alpha value is -2.51. The zero-order valence-electron chi connectivity index (χ0n) is 21.7. The first-order chi connectivity index (χ1) is 17.1. The van der Waals surface area contributed by atoms with Crippen LogP contribution in [-0.2, 0) is 5.54 Å². The van der Waals surface area contributed by atoms with Crippen molar-refractivity contribution in [2.75, 3.05) is 41.7 Å². The number of pyridine rings is 1. The molecule has 1 saturated carbocycles. The van der Waals surface area contributed by atoms with Crippen molar-refractivity contribution in [2.45, 2.75) is 38.1 Å². The number of rotatable bonds is 5. The van der Waals surface area contributed by atoms with E-state index in [9.17, 15) is 4.79 Å². The molecule has 2 heterocycles. The normalized spacial score (nSPS) is 21.2. The Labute approximate surface area is 244 Å². The standard InChI is InChI=1S/C29H35N5O.3ClH/c1-23-12-14-29(15-13-23,34-19-17-33(18-20-34)27-10-3-2-4-11-27)24-7-5-8-25(21-24)31-28(35)32-26-9-6-16-30-22-26;;;/h2-11,16,21-23H,12-15,17-20H2,1H3,(H2,31,32,35);3*1H. The van der Waals surface area contributed by atoms with Crippen LogP contribution in [0.15, 0.2) is 79.1 Å². The number of hydrogen-bond acceptors (Lipinski definition) is 4. The number of benzene rings is 2. The maximum Gasteiger partial charge on any atom is 0.323 e. The lowest BCUT2D eigenvalue weighted by molar-refractivity contribution is 0.0299. The second-order valence-electron chi connectivity index (χ2n) is 9.93. The van der Waals surface area contributed by atoms with Crippen LogP contribution in [0.3, 0.4) is 0 Å². The number of nitrogens with one attached hydrogen (secondary N) is 2. The molecule has 5 rings (SSSR count). The average Bonchev–Trinajstić information content (AvgIpc) is 2.91. The molecule has 9 heteroatoms. The summed E-state index contributed by atoms with van der Waals surface area (Å²) in [7, 11) is 0. The van der Waals surface area contributed by atoms with Gasteiger partial charge in [-0.2, -0.15) is 0 Å². The summed E-state index contributed by atoms with van der Waals surface area (Å²) in [5.74, 6) is 0.764. The topological polar surface area (TPSA) is 60.5 Å². The van der Waals surface area contributed by atoms with E-state index >= 15 is 0 Å². The molecule has 0 spiro atoms. The van der Waals surface area contributed by atoms with Gasteiger partial charge in [-0.1, -0.05) is 37.3 Å². The fourth-order valence-electron chi connectivity index (χ4n) is 5.68. The maximum absolute atomic E-state index is 12.6. The highest BCUT2D eigenvalue weighted by molar-refractivity contribution is 5.99. The summed E-state index contributed by atoms with van der Waals surface area (Å²) in [6, 6.07) is 22.6. The van der Waals surface area contributed by atoms with Crippen molar-refractivity contribution in [1.29, 1.82) is 0 Å². The maximum atomic E-state index is 12.6. The molecule has 0 atom stereocenters. The molecule has 2 N–H and O–H groups in total. The third-order valence-corrected chi connectivity index (χ3v) is 7.68. The Kier molecular flexibility index (Phi) is 12.2. The van der Waals surface area contributed by atoms with Crippen LogP contribution in [0.2, 0.25) is 0 Å². The molecule has 3 aromatic rings. The smallest absolute Gasteiger partial charge is 0.323 e. The van der Waals surface area contributed by atoms with Gasteiger partial charge in [0, 0.05) is 49.3 Å². The number of halogens is 3. The fourth-order valence-corrected chi connectivity index (χ4v) is 5.68. The number of piperazine rings is 1. The minimum Gasteiger partial charge on any atom is -0.369 e. The molecule has 6 nitrogen and oxygen atoms in total. The Morgan fingerprint density at radius 2 is 1.50 bits per heavy atom. The Morgan fingerprint density at radius 3 is 2.16 bits per heavy atom. The number of urea groups is 1. The van der Waals surface area contributed by atoms with Crippen LogP contribution in [0.5, 0.6) is 0 Å². The molecule has 1 aliphatic heterocycles. The van der Waals surface area contributed by atoms with Crippen molar-refractivity contribution in [3.05, 3.63) is 84.7 Å². The van der Waals surface area contributed by atoms with Gasteiger partial charge in [-0.3, -0.25) is 9.88 Å². The molecular weight excluding hydrogens is 541 g/mol. The molecule has 2 amide bonds. The highest BCUT2D eigenvalue weighted by Gasteiger charge is 2.42. The predicted molar refractivity (Wildman–Crippen MR) is 165 cm³/mol. The van der Waals surface area contributed by atoms with Gasteiger partial charge in [0.2, 0.25) is 0 Å². The van der Waals surface area contributed by atoms with E-state index in [4.69, 9.17) is 0 Å². The van der Waals surface area contributed by atoms with Crippen LogP contribution >= 0.6 is 37.2 Å².